The van der Waals surface area contributed by atoms with Crippen molar-refractivity contribution in [3.63, 3.8) is 0 Å². The number of carboxylic acid groups (broad SMARTS) is 1. The monoisotopic (exact) mass is 468 g/mol. The first kappa shape index (κ1) is 24.4. The molecule has 0 aromatic carbocycles. The van der Waals surface area contributed by atoms with Crippen LogP contribution in [0.4, 0.5) is 4.79 Å². The number of sulfonamides is 1. The van der Waals surface area contributed by atoms with Crippen LogP contribution in [0.25, 0.3) is 0 Å². The second-order valence-corrected chi connectivity index (χ2v) is 10.5. The highest BCUT2D eigenvalue weighted by Crippen LogP contribution is 2.27. The average molecular weight is 469 g/mol. The number of aliphatic hydroxyl groups is 1. The number of nitrogens with one attached hydrogen (secondary N) is 2. The number of aromatic nitrogens is 1. The molecule has 3 atom stereocenters. The first-order valence-corrected chi connectivity index (χ1v) is 12.6. The van der Waals surface area contributed by atoms with Crippen LogP contribution in [-0.2, 0) is 14.8 Å². The Kier molecular flexibility index (Phi) is 8.44. The number of β-amino-alcohol motifs (C(OH)–C–C–N with tert-alkyl or cyclic N) is 1. The number of hydrogen-bond donors (Lipinski definition) is 4. The molecule has 0 radical (unpaired) electrons. The molecule has 1 saturated heterocycles. The molecular weight excluding hydrogens is 436 g/mol. The molecule has 11 heteroatoms. The van der Waals surface area contributed by atoms with Crippen molar-refractivity contribution in [1.82, 2.24) is 19.9 Å². The molecule has 178 valence electrons. The van der Waals surface area contributed by atoms with E-state index in [2.05, 4.69) is 15.6 Å². The van der Waals surface area contributed by atoms with Crippen LogP contribution in [0.3, 0.4) is 0 Å². The minimum atomic E-state index is -3.86. The molecule has 2 heterocycles. The SMILES string of the molecule is O=C(O)N[C@@H](CC1CCCCC1)C(=O)NC1CCCN(S(=O)(=O)c2ccccn2)CC1O. The molecule has 1 aliphatic carbocycles. The lowest BCUT2D eigenvalue weighted by atomic mass is 9.84. The Morgan fingerprint density at radius 2 is 1.91 bits per heavy atom. The maximum absolute atomic E-state index is 12.9. The van der Waals surface area contributed by atoms with Gasteiger partial charge in [-0.15, -0.1) is 0 Å². The third kappa shape index (κ3) is 6.39. The lowest BCUT2D eigenvalue weighted by molar-refractivity contribution is -0.125. The van der Waals surface area contributed by atoms with Crippen molar-refractivity contribution in [1.29, 1.82) is 0 Å². The largest absolute Gasteiger partial charge is 0.465 e. The van der Waals surface area contributed by atoms with E-state index in [4.69, 9.17) is 0 Å². The summed E-state index contributed by atoms with van der Waals surface area (Å²) in [5, 5.41) is 24.8. The summed E-state index contributed by atoms with van der Waals surface area (Å²) in [4.78, 5) is 28.0. The van der Waals surface area contributed by atoms with Gasteiger partial charge in [0, 0.05) is 19.3 Å². The van der Waals surface area contributed by atoms with Gasteiger partial charge in [-0.05, 0) is 37.3 Å². The van der Waals surface area contributed by atoms with Gasteiger partial charge in [0.2, 0.25) is 5.91 Å². The molecular formula is C21H32N4O6S. The van der Waals surface area contributed by atoms with E-state index in [9.17, 15) is 28.2 Å². The summed E-state index contributed by atoms with van der Waals surface area (Å²) in [6.07, 6.45) is 5.49. The molecule has 4 N–H and O–H groups in total. The summed E-state index contributed by atoms with van der Waals surface area (Å²) < 4.78 is 26.9. The van der Waals surface area contributed by atoms with Crippen LogP contribution in [0, 0.1) is 5.92 Å². The number of rotatable bonds is 7. The number of aliphatic hydroxyl groups excluding tert-OH is 1. The van der Waals surface area contributed by atoms with Crippen molar-refractivity contribution >= 4 is 22.0 Å². The highest BCUT2D eigenvalue weighted by atomic mass is 32.2. The van der Waals surface area contributed by atoms with Crippen molar-refractivity contribution in [3.8, 4) is 0 Å². The zero-order chi connectivity index (χ0) is 23.1. The van der Waals surface area contributed by atoms with Gasteiger partial charge in [0.1, 0.15) is 6.04 Å². The first-order valence-electron chi connectivity index (χ1n) is 11.2. The summed E-state index contributed by atoms with van der Waals surface area (Å²) in [5.74, 6) is -0.201. The van der Waals surface area contributed by atoms with Crippen LogP contribution in [0.2, 0.25) is 0 Å². The molecule has 1 saturated carbocycles. The predicted octanol–water partition coefficient (Wildman–Crippen LogP) is 1.32. The van der Waals surface area contributed by atoms with Crippen molar-refractivity contribution in [3.05, 3.63) is 24.4 Å². The number of hydrogen-bond acceptors (Lipinski definition) is 6. The fourth-order valence-corrected chi connectivity index (χ4v) is 5.97. The van der Waals surface area contributed by atoms with Crippen molar-refractivity contribution in [2.45, 2.75) is 74.6 Å². The second kappa shape index (κ2) is 11.1. The van der Waals surface area contributed by atoms with Crippen LogP contribution >= 0.6 is 0 Å². The van der Waals surface area contributed by atoms with Gasteiger partial charge in [0.05, 0.1) is 12.1 Å². The van der Waals surface area contributed by atoms with Crippen LogP contribution in [0.1, 0.15) is 51.4 Å². The molecule has 10 nitrogen and oxygen atoms in total. The minimum Gasteiger partial charge on any atom is -0.465 e. The van der Waals surface area contributed by atoms with E-state index in [0.29, 0.717) is 19.3 Å². The molecule has 1 aliphatic heterocycles. The van der Waals surface area contributed by atoms with Crippen LogP contribution in [-0.4, -0.2) is 71.2 Å². The van der Waals surface area contributed by atoms with Crippen molar-refractivity contribution in [2.24, 2.45) is 5.92 Å². The van der Waals surface area contributed by atoms with Crippen molar-refractivity contribution in [2.75, 3.05) is 13.1 Å². The lowest BCUT2D eigenvalue weighted by Crippen LogP contribution is -2.54. The summed E-state index contributed by atoms with van der Waals surface area (Å²) >= 11 is 0. The van der Waals surface area contributed by atoms with E-state index < -0.39 is 40.2 Å². The van der Waals surface area contributed by atoms with Gasteiger partial charge >= 0.3 is 6.09 Å². The second-order valence-electron chi connectivity index (χ2n) is 8.60. The Bertz CT molecular complexity index is 876. The van der Waals surface area contributed by atoms with Gasteiger partial charge in [-0.3, -0.25) is 4.79 Å². The van der Waals surface area contributed by atoms with Gasteiger partial charge in [-0.2, -0.15) is 4.31 Å². The first-order chi connectivity index (χ1) is 15.3. The summed E-state index contributed by atoms with van der Waals surface area (Å²) in [6.45, 7) is 0.0186. The smallest absolute Gasteiger partial charge is 0.405 e. The highest BCUT2D eigenvalue weighted by Gasteiger charge is 2.35. The predicted molar refractivity (Wildman–Crippen MR) is 116 cm³/mol. The van der Waals surface area contributed by atoms with Gasteiger partial charge in [-0.25, -0.2) is 18.2 Å². The molecule has 2 unspecified atom stereocenters. The average Bonchev–Trinajstić information content (AvgIpc) is 2.96. The number of carbonyl (C=O) groups excluding carboxylic acids is 1. The van der Waals surface area contributed by atoms with Gasteiger partial charge < -0.3 is 20.8 Å². The fraction of sp³-hybridized carbons (Fsp3) is 0.667. The summed E-state index contributed by atoms with van der Waals surface area (Å²) in [5.41, 5.74) is 0. The molecule has 2 amide bonds. The molecule has 0 spiro atoms. The molecule has 32 heavy (non-hydrogen) atoms. The van der Waals surface area contributed by atoms with Crippen LogP contribution < -0.4 is 10.6 Å². The van der Waals surface area contributed by atoms with E-state index in [1.54, 1.807) is 12.1 Å². The number of pyridine rings is 1. The number of carbonyl (C=O) groups is 2. The van der Waals surface area contributed by atoms with Gasteiger partial charge in [0.25, 0.3) is 10.0 Å². The highest BCUT2D eigenvalue weighted by molar-refractivity contribution is 7.89. The fourth-order valence-electron chi connectivity index (χ4n) is 4.55. The molecule has 1 aromatic heterocycles. The summed E-state index contributed by atoms with van der Waals surface area (Å²) in [7, 11) is -3.86. The standard InChI is InChI=1S/C21H32N4O6S/c26-18-14-25(32(30,31)19-10-4-5-11-22-19)12-6-9-16(18)23-20(27)17(24-21(28)29)13-15-7-2-1-3-8-15/h4-5,10-11,15-18,24,26H,1-3,6-9,12-14H2,(H,23,27)(H,28,29)/t16?,17-,18?/m0/s1. The van der Waals surface area contributed by atoms with E-state index in [-0.39, 0.29) is 24.0 Å². The zero-order valence-corrected chi connectivity index (χ0v) is 18.8. The Balaban J connectivity index is 1.64. The van der Waals surface area contributed by atoms with Gasteiger partial charge in [-0.1, -0.05) is 38.2 Å². The lowest BCUT2D eigenvalue weighted by Gasteiger charge is -2.29. The third-order valence-electron chi connectivity index (χ3n) is 6.26. The van der Waals surface area contributed by atoms with E-state index in [1.807, 2.05) is 0 Å². The molecule has 0 bridgehead atoms. The maximum atomic E-state index is 12.9. The Labute approximate surface area is 188 Å². The van der Waals surface area contributed by atoms with E-state index in [0.717, 1.165) is 32.1 Å². The minimum absolute atomic E-state index is 0.0899. The van der Waals surface area contributed by atoms with Gasteiger partial charge in [0.15, 0.2) is 5.03 Å². The topological polar surface area (TPSA) is 149 Å². The quantitative estimate of drug-likeness (QED) is 0.471. The van der Waals surface area contributed by atoms with E-state index >= 15 is 0 Å². The Morgan fingerprint density at radius 1 is 1.16 bits per heavy atom. The maximum Gasteiger partial charge on any atom is 0.405 e. The Morgan fingerprint density at radius 3 is 2.56 bits per heavy atom. The van der Waals surface area contributed by atoms with Crippen LogP contribution in [0.15, 0.2) is 29.4 Å². The normalized spacial score (nSPS) is 24.3. The molecule has 2 fully saturated rings. The molecule has 2 aliphatic rings. The molecule has 1 aromatic rings. The van der Waals surface area contributed by atoms with E-state index in [1.165, 1.54) is 16.6 Å². The summed E-state index contributed by atoms with van der Waals surface area (Å²) in [6, 6.07) is 3.03. The molecule has 3 rings (SSSR count). The number of amides is 2. The number of nitrogens with zero attached hydrogens (tertiary/aromatic N) is 2. The Hall–Kier alpha value is -2.24. The zero-order valence-electron chi connectivity index (χ0n) is 18.0. The van der Waals surface area contributed by atoms with Crippen molar-refractivity contribution < 1.29 is 28.2 Å². The van der Waals surface area contributed by atoms with Crippen LogP contribution in [0.5, 0.6) is 0 Å². The third-order valence-corrected chi connectivity index (χ3v) is 8.04.